The number of rotatable bonds is 4. The largest absolute Gasteiger partial charge is 0.336 e. The van der Waals surface area contributed by atoms with Crippen molar-refractivity contribution in [2.24, 2.45) is 0 Å². The van der Waals surface area contributed by atoms with Crippen molar-refractivity contribution in [2.75, 3.05) is 5.32 Å². The number of amides is 2. The van der Waals surface area contributed by atoms with Crippen LogP contribution in [0.1, 0.15) is 13.8 Å². The Morgan fingerprint density at radius 1 is 1.35 bits per heavy atom. The van der Waals surface area contributed by atoms with Gasteiger partial charge in [-0.3, -0.25) is 0 Å². The molecule has 17 heavy (non-hydrogen) atoms. The lowest BCUT2D eigenvalue weighted by Crippen LogP contribution is -2.34. The zero-order valence-corrected chi connectivity index (χ0v) is 10.4. The summed E-state index contributed by atoms with van der Waals surface area (Å²) in [6.07, 6.45) is 0. The minimum Gasteiger partial charge on any atom is -0.336 e. The van der Waals surface area contributed by atoms with Crippen LogP contribution < -0.4 is 10.6 Å². The van der Waals surface area contributed by atoms with Crippen molar-refractivity contribution >= 4 is 23.5 Å². The van der Waals surface area contributed by atoms with Gasteiger partial charge in [-0.2, -0.15) is 8.78 Å². The summed E-state index contributed by atoms with van der Waals surface area (Å²) in [6, 6.07) is 6.03. The molecule has 94 valence electrons. The van der Waals surface area contributed by atoms with Gasteiger partial charge in [-0.1, -0.05) is 17.8 Å². The van der Waals surface area contributed by atoms with Gasteiger partial charge in [0.15, 0.2) is 0 Å². The average Bonchev–Trinajstić information content (AvgIpc) is 2.14. The third-order valence-corrected chi connectivity index (χ3v) is 2.44. The van der Waals surface area contributed by atoms with Crippen LogP contribution in [-0.2, 0) is 0 Å². The van der Waals surface area contributed by atoms with E-state index < -0.39 is 5.76 Å². The quantitative estimate of drug-likeness (QED) is 0.813. The van der Waals surface area contributed by atoms with Crippen molar-refractivity contribution in [2.45, 2.75) is 30.5 Å². The molecule has 0 radical (unpaired) electrons. The first kappa shape index (κ1) is 13.8. The first-order chi connectivity index (χ1) is 7.97. The standard InChI is InChI=1S/C11H14F2N2OS/c1-7(2)14-11(16)15-8-4-3-5-9(6-8)17-10(12)13/h3-7,10H,1-2H3,(H2,14,15,16). The molecule has 0 saturated heterocycles. The topological polar surface area (TPSA) is 41.1 Å². The van der Waals surface area contributed by atoms with Crippen molar-refractivity contribution in [1.29, 1.82) is 0 Å². The number of alkyl halides is 2. The van der Waals surface area contributed by atoms with Crippen molar-refractivity contribution in [1.82, 2.24) is 5.32 Å². The van der Waals surface area contributed by atoms with E-state index in [1.54, 1.807) is 18.2 Å². The van der Waals surface area contributed by atoms with Gasteiger partial charge < -0.3 is 10.6 Å². The lowest BCUT2D eigenvalue weighted by Gasteiger charge is -2.10. The Morgan fingerprint density at radius 3 is 2.65 bits per heavy atom. The number of urea groups is 1. The van der Waals surface area contributed by atoms with Crippen molar-refractivity contribution in [3.8, 4) is 0 Å². The number of carbonyl (C=O) groups is 1. The molecule has 1 aromatic rings. The Labute approximate surface area is 103 Å². The smallest absolute Gasteiger partial charge is 0.319 e. The van der Waals surface area contributed by atoms with Gasteiger partial charge in [-0.25, -0.2) is 4.79 Å². The van der Waals surface area contributed by atoms with Gasteiger partial charge in [0.05, 0.1) is 0 Å². The number of hydrogen-bond acceptors (Lipinski definition) is 2. The first-order valence-corrected chi connectivity index (χ1v) is 5.97. The van der Waals surface area contributed by atoms with Crippen LogP contribution in [-0.4, -0.2) is 17.8 Å². The molecule has 1 rings (SSSR count). The molecule has 3 nitrogen and oxygen atoms in total. The van der Waals surface area contributed by atoms with Crippen LogP contribution >= 0.6 is 11.8 Å². The molecule has 0 aliphatic carbocycles. The van der Waals surface area contributed by atoms with E-state index >= 15 is 0 Å². The molecular formula is C11H14F2N2OS. The van der Waals surface area contributed by atoms with E-state index in [-0.39, 0.29) is 12.1 Å². The molecule has 2 N–H and O–H groups in total. The minimum atomic E-state index is -2.46. The number of hydrogen-bond donors (Lipinski definition) is 2. The number of halogens is 2. The van der Waals surface area contributed by atoms with Gasteiger partial charge in [0.1, 0.15) is 0 Å². The van der Waals surface area contributed by atoms with E-state index in [2.05, 4.69) is 10.6 Å². The summed E-state index contributed by atoms with van der Waals surface area (Å²) in [7, 11) is 0. The highest BCUT2D eigenvalue weighted by Crippen LogP contribution is 2.27. The maximum Gasteiger partial charge on any atom is 0.319 e. The summed E-state index contributed by atoms with van der Waals surface area (Å²) in [5.41, 5.74) is 0.494. The molecule has 0 aliphatic rings. The Balaban J connectivity index is 2.62. The van der Waals surface area contributed by atoms with Gasteiger partial charge in [0.25, 0.3) is 5.76 Å². The highest BCUT2D eigenvalue weighted by molar-refractivity contribution is 7.99. The number of anilines is 1. The molecule has 0 spiro atoms. The monoisotopic (exact) mass is 260 g/mol. The number of nitrogens with one attached hydrogen (secondary N) is 2. The van der Waals surface area contributed by atoms with E-state index in [0.717, 1.165) is 0 Å². The molecule has 0 aromatic heterocycles. The molecule has 0 atom stereocenters. The van der Waals surface area contributed by atoms with Crippen LogP contribution in [0, 0.1) is 0 Å². The average molecular weight is 260 g/mol. The Bertz CT molecular complexity index is 385. The second kappa shape index (κ2) is 6.44. The molecular weight excluding hydrogens is 246 g/mol. The van der Waals surface area contributed by atoms with Gasteiger partial charge in [0.2, 0.25) is 0 Å². The predicted molar refractivity (Wildman–Crippen MR) is 65.6 cm³/mol. The SMILES string of the molecule is CC(C)NC(=O)Nc1cccc(SC(F)F)c1. The Morgan fingerprint density at radius 2 is 2.06 bits per heavy atom. The molecule has 1 aromatic carbocycles. The van der Waals surface area contributed by atoms with Gasteiger partial charge >= 0.3 is 6.03 Å². The number of carbonyl (C=O) groups excluding carboxylic acids is 1. The summed E-state index contributed by atoms with van der Waals surface area (Å²) in [6.45, 7) is 3.67. The van der Waals surface area contributed by atoms with Crippen LogP contribution in [0.4, 0.5) is 19.3 Å². The molecule has 0 bridgehead atoms. The molecule has 0 unspecified atom stereocenters. The summed E-state index contributed by atoms with van der Waals surface area (Å²) in [5, 5.41) is 5.23. The molecule has 2 amide bonds. The van der Waals surface area contributed by atoms with Crippen molar-refractivity contribution in [3.63, 3.8) is 0 Å². The van der Waals surface area contributed by atoms with Gasteiger partial charge in [-0.05, 0) is 32.0 Å². The second-order valence-corrected chi connectivity index (χ2v) is 4.72. The lowest BCUT2D eigenvalue weighted by atomic mass is 10.3. The zero-order valence-electron chi connectivity index (χ0n) is 9.54. The summed E-state index contributed by atoms with van der Waals surface area (Å²) in [5.74, 6) is -2.46. The Hall–Kier alpha value is -1.30. The van der Waals surface area contributed by atoms with Crippen LogP contribution in [0.2, 0.25) is 0 Å². The van der Waals surface area contributed by atoms with Crippen molar-refractivity contribution in [3.05, 3.63) is 24.3 Å². The maximum absolute atomic E-state index is 12.2. The zero-order chi connectivity index (χ0) is 12.8. The van der Waals surface area contributed by atoms with Crippen LogP contribution in [0.5, 0.6) is 0 Å². The fourth-order valence-corrected chi connectivity index (χ4v) is 1.74. The highest BCUT2D eigenvalue weighted by atomic mass is 32.2. The second-order valence-electron chi connectivity index (χ2n) is 3.66. The molecule has 0 saturated carbocycles. The highest BCUT2D eigenvalue weighted by Gasteiger charge is 2.07. The van der Waals surface area contributed by atoms with E-state index in [1.807, 2.05) is 13.8 Å². The molecule has 0 aliphatic heterocycles. The van der Waals surface area contributed by atoms with Crippen molar-refractivity contribution < 1.29 is 13.6 Å². The van der Waals surface area contributed by atoms with Crippen LogP contribution in [0.3, 0.4) is 0 Å². The number of thioether (sulfide) groups is 1. The van der Waals surface area contributed by atoms with E-state index in [0.29, 0.717) is 22.3 Å². The maximum atomic E-state index is 12.2. The molecule has 6 heteroatoms. The first-order valence-electron chi connectivity index (χ1n) is 5.10. The molecule has 0 fully saturated rings. The number of benzene rings is 1. The normalized spacial score (nSPS) is 10.7. The van der Waals surface area contributed by atoms with Gasteiger partial charge in [-0.15, -0.1) is 0 Å². The third-order valence-electron chi connectivity index (χ3n) is 1.74. The van der Waals surface area contributed by atoms with Crippen LogP contribution in [0.25, 0.3) is 0 Å². The fraction of sp³-hybridized carbons (Fsp3) is 0.364. The van der Waals surface area contributed by atoms with E-state index in [4.69, 9.17) is 0 Å². The lowest BCUT2D eigenvalue weighted by molar-refractivity contribution is 0.250. The minimum absolute atomic E-state index is 0.0219. The predicted octanol–water partition coefficient (Wildman–Crippen LogP) is 3.53. The summed E-state index contributed by atoms with van der Waals surface area (Å²) in [4.78, 5) is 11.8. The fourth-order valence-electron chi connectivity index (χ4n) is 1.18. The summed E-state index contributed by atoms with van der Waals surface area (Å²) >= 11 is 0.449. The van der Waals surface area contributed by atoms with E-state index in [1.165, 1.54) is 6.07 Å². The third kappa shape index (κ3) is 5.53. The van der Waals surface area contributed by atoms with Crippen LogP contribution in [0.15, 0.2) is 29.2 Å². The molecule has 0 heterocycles. The summed E-state index contributed by atoms with van der Waals surface area (Å²) < 4.78 is 24.3. The van der Waals surface area contributed by atoms with Gasteiger partial charge in [0, 0.05) is 16.6 Å². The Kier molecular flexibility index (Phi) is 5.21. The van der Waals surface area contributed by atoms with E-state index in [9.17, 15) is 13.6 Å².